The topological polar surface area (TPSA) is 128 Å². The first-order valence-electron chi connectivity index (χ1n) is 4.94. The normalized spacial score (nSPS) is 14.0. The molecule has 0 saturated heterocycles. The molecule has 0 heterocycles. The van der Waals surface area contributed by atoms with Crippen molar-refractivity contribution in [1.29, 1.82) is 5.41 Å². The van der Waals surface area contributed by atoms with Gasteiger partial charge in [-0.1, -0.05) is 24.3 Å². The molecule has 1 aromatic rings. The van der Waals surface area contributed by atoms with E-state index in [2.05, 4.69) is 0 Å². The Bertz CT molecular complexity index is 433. The van der Waals surface area contributed by atoms with Gasteiger partial charge in [-0.05, 0) is 5.56 Å². The lowest BCUT2D eigenvalue weighted by Crippen LogP contribution is -2.24. The van der Waals surface area contributed by atoms with E-state index in [1.807, 2.05) is 0 Å². The van der Waals surface area contributed by atoms with Gasteiger partial charge in [0, 0.05) is 5.56 Å². The largest absolute Gasteiger partial charge is 0.481 e. The Morgan fingerprint density at radius 2 is 1.94 bits per heavy atom. The predicted octanol–water partition coefficient (Wildman–Crippen LogP) is -0.160. The molecule has 6 nitrogen and oxygen atoms in total. The summed E-state index contributed by atoms with van der Waals surface area (Å²) in [6, 6.07) is 6.26. The minimum atomic E-state index is -1.44. The Labute approximate surface area is 97.8 Å². The van der Waals surface area contributed by atoms with Crippen molar-refractivity contribution in [2.45, 2.75) is 18.6 Å². The lowest BCUT2D eigenvalue weighted by molar-refractivity contribution is -0.141. The number of aliphatic hydroxyl groups excluding tert-OH is 2. The minimum Gasteiger partial charge on any atom is -0.481 e. The van der Waals surface area contributed by atoms with Crippen LogP contribution in [0, 0.1) is 5.41 Å². The van der Waals surface area contributed by atoms with Gasteiger partial charge in [0.05, 0.1) is 12.5 Å². The van der Waals surface area contributed by atoms with Gasteiger partial charge in [0.2, 0.25) is 0 Å². The molecule has 2 atom stereocenters. The average Bonchev–Trinajstić information content (AvgIpc) is 2.27. The first kappa shape index (κ1) is 13.1. The molecule has 6 N–H and O–H groups in total. The molecule has 2 unspecified atom stereocenters. The summed E-state index contributed by atoms with van der Waals surface area (Å²) in [5.74, 6) is -1.46. The number of carboxylic acids is 1. The van der Waals surface area contributed by atoms with Crippen molar-refractivity contribution < 1.29 is 20.1 Å². The number of nitrogen functional groups attached to an aromatic ring is 1. The van der Waals surface area contributed by atoms with Crippen LogP contribution in [0.2, 0.25) is 0 Å². The molecule has 6 heteroatoms. The Morgan fingerprint density at radius 1 is 1.35 bits per heavy atom. The lowest BCUT2D eigenvalue weighted by atomic mass is 9.96. The standard InChI is InChI=1S/C11H14N2O4/c12-11(13)7-4-2-1-3-6(7)10(17)8(14)5-9(15)16/h1-4,8,10,14,17H,5H2,(H3,12,13)(H,15,16). The van der Waals surface area contributed by atoms with E-state index < -0.39 is 24.6 Å². The maximum Gasteiger partial charge on any atom is 0.306 e. The third-order valence-electron chi connectivity index (χ3n) is 2.32. The van der Waals surface area contributed by atoms with Gasteiger partial charge in [-0.2, -0.15) is 0 Å². The van der Waals surface area contributed by atoms with E-state index in [1.54, 1.807) is 12.1 Å². The molecule has 0 saturated carbocycles. The van der Waals surface area contributed by atoms with E-state index in [0.717, 1.165) is 0 Å². The van der Waals surface area contributed by atoms with Gasteiger partial charge in [0.1, 0.15) is 11.9 Å². The van der Waals surface area contributed by atoms with Crippen LogP contribution in [-0.2, 0) is 4.79 Å². The zero-order chi connectivity index (χ0) is 13.0. The number of amidine groups is 1. The molecule has 92 valence electrons. The summed E-state index contributed by atoms with van der Waals surface area (Å²) in [7, 11) is 0. The molecule has 1 aromatic carbocycles. The number of hydrogen-bond donors (Lipinski definition) is 5. The zero-order valence-corrected chi connectivity index (χ0v) is 9.00. The maximum absolute atomic E-state index is 10.4. The lowest BCUT2D eigenvalue weighted by Gasteiger charge is -2.19. The highest BCUT2D eigenvalue weighted by Gasteiger charge is 2.23. The maximum atomic E-state index is 10.4. The molecule has 0 fully saturated rings. The molecule has 17 heavy (non-hydrogen) atoms. The molecule has 0 bridgehead atoms. The van der Waals surface area contributed by atoms with Gasteiger partial charge < -0.3 is 21.1 Å². The van der Waals surface area contributed by atoms with Crippen LogP contribution in [0.25, 0.3) is 0 Å². The van der Waals surface area contributed by atoms with Crippen LogP contribution in [0.5, 0.6) is 0 Å². The van der Waals surface area contributed by atoms with Crippen LogP contribution < -0.4 is 5.73 Å². The summed E-state index contributed by atoms with van der Waals surface area (Å²) in [6.45, 7) is 0. The number of carboxylic acid groups (broad SMARTS) is 1. The summed E-state index contributed by atoms with van der Waals surface area (Å²) < 4.78 is 0. The Morgan fingerprint density at radius 3 is 2.47 bits per heavy atom. The number of benzene rings is 1. The van der Waals surface area contributed by atoms with Gasteiger partial charge in [-0.25, -0.2) is 0 Å². The predicted molar refractivity (Wildman–Crippen MR) is 60.7 cm³/mol. The highest BCUT2D eigenvalue weighted by atomic mass is 16.4. The third-order valence-corrected chi connectivity index (χ3v) is 2.32. The molecule has 0 spiro atoms. The molecule has 0 aliphatic carbocycles. The van der Waals surface area contributed by atoms with Crippen molar-refractivity contribution in [2.75, 3.05) is 0 Å². The molecule has 0 amide bonds. The summed E-state index contributed by atoms with van der Waals surface area (Å²) in [5, 5.41) is 35.1. The Kier molecular flexibility index (Phi) is 4.19. The van der Waals surface area contributed by atoms with Crippen molar-refractivity contribution in [3.8, 4) is 0 Å². The van der Waals surface area contributed by atoms with Crippen LogP contribution in [0.15, 0.2) is 24.3 Å². The number of aliphatic hydroxyl groups is 2. The summed E-state index contributed by atoms with van der Waals surface area (Å²) in [5.41, 5.74) is 5.85. The molecular formula is C11H14N2O4. The van der Waals surface area contributed by atoms with Crippen LogP contribution in [-0.4, -0.2) is 33.2 Å². The quantitative estimate of drug-likeness (QED) is 0.359. The van der Waals surface area contributed by atoms with Crippen molar-refractivity contribution in [2.24, 2.45) is 5.73 Å². The van der Waals surface area contributed by atoms with Gasteiger partial charge in [0.25, 0.3) is 0 Å². The Balaban J connectivity index is 2.99. The van der Waals surface area contributed by atoms with E-state index in [0.29, 0.717) is 0 Å². The van der Waals surface area contributed by atoms with E-state index >= 15 is 0 Å². The minimum absolute atomic E-state index is 0.244. The SMILES string of the molecule is N=C(N)c1ccccc1C(O)C(O)CC(=O)O. The van der Waals surface area contributed by atoms with Crippen LogP contribution in [0.3, 0.4) is 0 Å². The summed E-state index contributed by atoms with van der Waals surface area (Å²) in [6.07, 6.45) is -3.40. The molecule has 0 aliphatic heterocycles. The number of rotatable bonds is 5. The fourth-order valence-electron chi connectivity index (χ4n) is 1.50. The second-order valence-electron chi connectivity index (χ2n) is 3.61. The van der Waals surface area contributed by atoms with E-state index in [9.17, 15) is 15.0 Å². The van der Waals surface area contributed by atoms with Crippen molar-refractivity contribution in [1.82, 2.24) is 0 Å². The van der Waals surface area contributed by atoms with Crippen LogP contribution in [0.1, 0.15) is 23.7 Å². The average molecular weight is 238 g/mol. The summed E-state index contributed by atoms with van der Waals surface area (Å²) >= 11 is 0. The second-order valence-corrected chi connectivity index (χ2v) is 3.61. The number of nitrogens with two attached hydrogens (primary N) is 1. The van der Waals surface area contributed by atoms with Crippen LogP contribution in [0.4, 0.5) is 0 Å². The van der Waals surface area contributed by atoms with Gasteiger partial charge in [-0.3, -0.25) is 10.2 Å². The molecular weight excluding hydrogens is 224 g/mol. The first-order chi connectivity index (χ1) is 7.93. The molecule has 0 aromatic heterocycles. The number of aliphatic carboxylic acids is 1. The van der Waals surface area contributed by atoms with Gasteiger partial charge in [-0.15, -0.1) is 0 Å². The third kappa shape index (κ3) is 3.27. The second kappa shape index (κ2) is 5.42. The summed E-state index contributed by atoms with van der Waals surface area (Å²) in [4.78, 5) is 10.4. The fraction of sp³-hybridized carbons (Fsp3) is 0.273. The van der Waals surface area contributed by atoms with E-state index in [4.69, 9.17) is 16.2 Å². The molecule has 1 rings (SSSR count). The molecule has 0 aliphatic rings. The van der Waals surface area contributed by atoms with Crippen LogP contribution >= 0.6 is 0 Å². The number of hydrogen-bond acceptors (Lipinski definition) is 4. The smallest absolute Gasteiger partial charge is 0.306 e. The monoisotopic (exact) mass is 238 g/mol. The number of nitrogens with one attached hydrogen (secondary N) is 1. The van der Waals surface area contributed by atoms with Crippen molar-refractivity contribution in [3.05, 3.63) is 35.4 Å². The highest BCUT2D eigenvalue weighted by molar-refractivity contribution is 5.96. The first-order valence-corrected chi connectivity index (χ1v) is 4.94. The highest BCUT2D eigenvalue weighted by Crippen LogP contribution is 2.22. The van der Waals surface area contributed by atoms with E-state index in [1.165, 1.54) is 12.1 Å². The van der Waals surface area contributed by atoms with Crippen molar-refractivity contribution in [3.63, 3.8) is 0 Å². The fourth-order valence-corrected chi connectivity index (χ4v) is 1.50. The van der Waals surface area contributed by atoms with Gasteiger partial charge in [0.15, 0.2) is 0 Å². The van der Waals surface area contributed by atoms with Crippen molar-refractivity contribution >= 4 is 11.8 Å². The Hall–Kier alpha value is -1.92. The van der Waals surface area contributed by atoms with Gasteiger partial charge >= 0.3 is 5.97 Å². The van der Waals surface area contributed by atoms with E-state index in [-0.39, 0.29) is 17.0 Å². The zero-order valence-electron chi connectivity index (χ0n) is 9.00. The number of carbonyl (C=O) groups is 1. The molecule has 0 radical (unpaired) electrons.